The maximum atomic E-state index is 12.6. The molecule has 0 radical (unpaired) electrons. The molecular formula is C17H23ClN2O4. The highest BCUT2D eigenvalue weighted by atomic mass is 35.5. The van der Waals surface area contributed by atoms with Gasteiger partial charge in [0, 0.05) is 19.5 Å². The Balaban J connectivity index is 2.15. The zero-order valence-corrected chi connectivity index (χ0v) is 15.1. The van der Waals surface area contributed by atoms with Gasteiger partial charge < -0.3 is 14.8 Å². The number of aromatic nitrogens is 1. The van der Waals surface area contributed by atoms with Crippen LogP contribution in [0.25, 0.3) is 0 Å². The fourth-order valence-corrected chi connectivity index (χ4v) is 2.53. The van der Waals surface area contributed by atoms with Crippen LogP contribution in [0.2, 0.25) is 5.02 Å². The summed E-state index contributed by atoms with van der Waals surface area (Å²) >= 11 is 6.07. The number of halogens is 1. The third-order valence-electron chi connectivity index (χ3n) is 4.00. The van der Waals surface area contributed by atoms with Crippen LogP contribution >= 0.6 is 11.6 Å². The summed E-state index contributed by atoms with van der Waals surface area (Å²) in [7, 11) is 1.57. The Bertz CT molecular complexity index is 624. The van der Waals surface area contributed by atoms with Crippen molar-refractivity contribution in [3.05, 3.63) is 23.0 Å². The van der Waals surface area contributed by atoms with Crippen molar-refractivity contribution in [3.63, 3.8) is 0 Å². The summed E-state index contributed by atoms with van der Waals surface area (Å²) in [6, 6.07) is 1.53. The lowest BCUT2D eigenvalue weighted by molar-refractivity contribution is -0.127. The Morgan fingerprint density at radius 2 is 2.12 bits per heavy atom. The zero-order chi connectivity index (χ0) is 17.9. The summed E-state index contributed by atoms with van der Waals surface area (Å²) in [5.74, 6) is -0.412. The molecule has 1 aromatic rings. The summed E-state index contributed by atoms with van der Waals surface area (Å²) in [6.45, 7) is 6.80. The summed E-state index contributed by atoms with van der Waals surface area (Å²) < 4.78 is 10.7. The maximum Gasteiger partial charge on any atom is 0.223 e. The lowest BCUT2D eigenvalue weighted by atomic mass is 9.77. The van der Waals surface area contributed by atoms with Crippen LogP contribution in [0.4, 0.5) is 0 Å². The topological polar surface area (TPSA) is 77.5 Å². The molecule has 0 unspecified atom stereocenters. The Labute approximate surface area is 146 Å². The number of carbonyl (C=O) groups is 2. The summed E-state index contributed by atoms with van der Waals surface area (Å²) in [6.07, 6.45) is 1.42. The summed E-state index contributed by atoms with van der Waals surface area (Å²) in [5, 5.41) is 2.96. The third kappa shape index (κ3) is 4.45. The van der Waals surface area contributed by atoms with Crippen molar-refractivity contribution in [2.24, 2.45) is 11.3 Å². The van der Waals surface area contributed by atoms with Gasteiger partial charge in [-0.05, 0) is 5.41 Å². The number of hydrogen-bond donors (Lipinski definition) is 1. The average Bonchev–Trinajstić information content (AvgIpc) is 2.47. The van der Waals surface area contributed by atoms with Crippen LogP contribution in [0.1, 0.15) is 37.7 Å². The van der Waals surface area contributed by atoms with Crippen LogP contribution in [-0.2, 0) is 9.53 Å². The van der Waals surface area contributed by atoms with E-state index in [1.54, 1.807) is 7.05 Å². The molecule has 7 heteroatoms. The van der Waals surface area contributed by atoms with Gasteiger partial charge in [-0.25, -0.2) is 0 Å². The molecule has 1 fully saturated rings. The molecule has 1 aromatic heterocycles. The molecule has 0 aliphatic carbocycles. The highest BCUT2D eigenvalue weighted by Gasteiger charge is 2.33. The number of hydrogen-bond acceptors (Lipinski definition) is 5. The normalized spacial score (nSPS) is 16.2. The molecule has 1 aliphatic heterocycles. The van der Waals surface area contributed by atoms with E-state index >= 15 is 0 Å². The Kier molecular flexibility index (Phi) is 5.83. The first-order valence-electron chi connectivity index (χ1n) is 7.87. The Morgan fingerprint density at radius 1 is 1.46 bits per heavy atom. The van der Waals surface area contributed by atoms with Crippen LogP contribution in [-0.4, -0.2) is 43.0 Å². The molecule has 132 valence electrons. The van der Waals surface area contributed by atoms with Crippen molar-refractivity contribution >= 4 is 23.3 Å². The largest absolute Gasteiger partial charge is 0.484 e. The second kappa shape index (κ2) is 7.49. The molecule has 2 rings (SSSR count). The highest BCUT2D eigenvalue weighted by Crippen LogP contribution is 2.31. The monoisotopic (exact) mass is 354 g/mol. The zero-order valence-electron chi connectivity index (χ0n) is 14.4. The van der Waals surface area contributed by atoms with Crippen LogP contribution < -0.4 is 10.1 Å². The Hall–Kier alpha value is -1.66. The second-order valence-electron chi connectivity index (χ2n) is 6.94. The number of nitrogens with zero attached hydrogens (tertiary/aromatic N) is 1. The van der Waals surface area contributed by atoms with Crippen molar-refractivity contribution in [3.8, 4) is 5.75 Å². The smallest absolute Gasteiger partial charge is 0.223 e. The van der Waals surface area contributed by atoms with Gasteiger partial charge in [0.2, 0.25) is 5.91 Å². The van der Waals surface area contributed by atoms with E-state index in [0.717, 1.165) is 0 Å². The maximum absolute atomic E-state index is 12.6. The summed E-state index contributed by atoms with van der Waals surface area (Å²) in [4.78, 5) is 28.8. The van der Waals surface area contributed by atoms with E-state index in [2.05, 4.69) is 10.3 Å². The minimum atomic E-state index is -0.447. The number of rotatable bonds is 6. The van der Waals surface area contributed by atoms with Crippen LogP contribution in [0.3, 0.4) is 0 Å². The number of ketones is 1. The predicted octanol–water partition coefficient (Wildman–Crippen LogP) is 2.49. The Morgan fingerprint density at radius 3 is 2.62 bits per heavy atom. The van der Waals surface area contributed by atoms with Crippen molar-refractivity contribution < 1.29 is 19.1 Å². The van der Waals surface area contributed by atoms with Gasteiger partial charge in [0.25, 0.3) is 0 Å². The van der Waals surface area contributed by atoms with Gasteiger partial charge in [-0.1, -0.05) is 32.4 Å². The lowest BCUT2D eigenvalue weighted by Gasteiger charge is -2.29. The van der Waals surface area contributed by atoms with Gasteiger partial charge >= 0.3 is 0 Å². The van der Waals surface area contributed by atoms with Gasteiger partial charge in [0.15, 0.2) is 5.78 Å². The van der Waals surface area contributed by atoms with Crippen molar-refractivity contribution in [2.75, 3.05) is 20.3 Å². The molecule has 1 amide bonds. The molecule has 0 bridgehead atoms. The molecule has 1 aliphatic rings. The number of ether oxygens (including phenoxy) is 2. The fraction of sp³-hybridized carbons (Fsp3) is 0.588. The molecule has 24 heavy (non-hydrogen) atoms. The molecule has 1 saturated heterocycles. The molecule has 0 spiro atoms. The standard InChI is InChI=1S/C17H23ClN2O4/c1-17(2,3)11(16(22)19-4)5-14(21)13-6-15(12(18)7-20-13)24-10-8-23-9-10/h6-7,10-11H,5,8-9H2,1-4H3,(H,19,22)/t11-/m1/s1. The average molecular weight is 355 g/mol. The van der Waals surface area contributed by atoms with Gasteiger partial charge in [0.05, 0.1) is 25.3 Å². The minimum Gasteiger partial charge on any atom is -0.484 e. The summed E-state index contributed by atoms with van der Waals surface area (Å²) in [5.41, 5.74) is -0.0992. The predicted molar refractivity (Wildman–Crippen MR) is 90.4 cm³/mol. The molecular weight excluding hydrogens is 332 g/mol. The van der Waals surface area contributed by atoms with E-state index in [-0.39, 0.29) is 35.3 Å². The van der Waals surface area contributed by atoms with E-state index in [1.165, 1.54) is 12.3 Å². The molecule has 0 saturated carbocycles. The van der Waals surface area contributed by atoms with E-state index in [4.69, 9.17) is 21.1 Å². The first-order valence-corrected chi connectivity index (χ1v) is 8.25. The quantitative estimate of drug-likeness (QED) is 0.794. The van der Waals surface area contributed by atoms with Crippen molar-refractivity contribution in [2.45, 2.75) is 33.3 Å². The van der Waals surface area contributed by atoms with E-state index in [1.807, 2.05) is 20.8 Å². The van der Waals surface area contributed by atoms with Gasteiger partial charge in [-0.3, -0.25) is 14.6 Å². The number of carbonyl (C=O) groups excluding carboxylic acids is 2. The van der Waals surface area contributed by atoms with Crippen LogP contribution in [0.15, 0.2) is 12.3 Å². The molecule has 1 atom stereocenters. The SMILES string of the molecule is CNC(=O)[C@@H](CC(=O)c1cc(OC2COC2)c(Cl)cn1)C(C)(C)C. The fourth-order valence-electron chi connectivity index (χ4n) is 2.38. The molecule has 6 nitrogen and oxygen atoms in total. The van der Waals surface area contributed by atoms with Crippen LogP contribution in [0.5, 0.6) is 5.75 Å². The van der Waals surface area contributed by atoms with Gasteiger partial charge in [-0.2, -0.15) is 0 Å². The van der Waals surface area contributed by atoms with Gasteiger partial charge in [0.1, 0.15) is 22.6 Å². The van der Waals surface area contributed by atoms with E-state index in [0.29, 0.717) is 24.0 Å². The molecule has 0 aromatic carbocycles. The van der Waals surface area contributed by atoms with Crippen LogP contribution in [0, 0.1) is 11.3 Å². The highest BCUT2D eigenvalue weighted by molar-refractivity contribution is 6.32. The number of amides is 1. The minimum absolute atomic E-state index is 0.0546. The second-order valence-corrected chi connectivity index (χ2v) is 7.34. The van der Waals surface area contributed by atoms with E-state index < -0.39 is 5.92 Å². The van der Waals surface area contributed by atoms with E-state index in [9.17, 15) is 9.59 Å². The first kappa shape index (κ1) is 18.7. The lowest BCUT2D eigenvalue weighted by Crippen LogP contribution is -2.38. The number of pyridine rings is 1. The first-order chi connectivity index (χ1) is 11.2. The van der Waals surface area contributed by atoms with Gasteiger partial charge in [-0.15, -0.1) is 0 Å². The van der Waals surface area contributed by atoms with Crippen molar-refractivity contribution in [1.29, 1.82) is 0 Å². The number of Topliss-reactive ketones (excluding diaryl/α,β-unsaturated/α-hetero) is 1. The molecule has 1 N–H and O–H groups in total. The third-order valence-corrected chi connectivity index (χ3v) is 4.29. The molecule has 2 heterocycles. The number of nitrogens with one attached hydrogen (secondary N) is 1. The van der Waals surface area contributed by atoms with Crippen molar-refractivity contribution in [1.82, 2.24) is 10.3 Å².